The third-order valence-electron chi connectivity index (χ3n) is 4.27. The minimum absolute atomic E-state index is 0.00577. The molecule has 1 fully saturated rings. The fourth-order valence-electron chi connectivity index (χ4n) is 2.77. The maximum atomic E-state index is 12.2. The summed E-state index contributed by atoms with van der Waals surface area (Å²) in [6.45, 7) is 7.69. The van der Waals surface area contributed by atoms with Crippen LogP contribution in [0.15, 0.2) is 29.3 Å². The van der Waals surface area contributed by atoms with Gasteiger partial charge in [0.2, 0.25) is 0 Å². The van der Waals surface area contributed by atoms with Crippen LogP contribution in [0.5, 0.6) is 0 Å². The van der Waals surface area contributed by atoms with E-state index in [1.165, 1.54) is 0 Å². The van der Waals surface area contributed by atoms with Crippen LogP contribution in [-0.4, -0.2) is 43.6 Å². The number of amides is 2. The van der Waals surface area contributed by atoms with E-state index in [4.69, 9.17) is 0 Å². The van der Waals surface area contributed by atoms with E-state index in [9.17, 15) is 4.79 Å². The van der Waals surface area contributed by atoms with Gasteiger partial charge in [0.15, 0.2) is 5.96 Å². The van der Waals surface area contributed by atoms with Gasteiger partial charge in [0.1, 0.15) is 0 Å². The second-order valence-corrected chi connectivity index (χ2v) is 6.86. The average molecular weight is 345 g/mol. The molecule has 3 N–H and O–H groups in total. The highest BCUT2D eigenvalue weighted by Gasteiger charge is 2.17. The van der Waals surface area contributed by atoms with E-state index in [-0.39, 0.29) is 6.03 Å². The van der Waals surface area contributed by atoms with Crippen molar-refractivity contribution in [3.63, 3.8) is 0 Å². The summed E-state index contributed by atoms with van der Waals surface area (Å²) in [5.41, 5.74) is 1.94. The number of rotatable bonds is 6. The molecule has 0 radical (unpaired) electrons. The highest BCUT2D eigenvalue weighted by atomic mass is 16.2. The molecule has 6 nitrogen and oxygen atoms in total. The number of nitrogens with one attached hydrogen (secondary N) is 3. The number of likely N-dealkylation sites (tertiary alicyclic amines) is 1. The zero-order chi connectivity index (χ0) is 18.1. The first-order valence-electron chi connectivity index (χ1n) is 9.18. The van der Waals surface area contributed by atoms with Crippen molar-refractivity contribution in [3.8, 4) is 0 Å². The van der Waals surface area contributed by atoms with Gasteiger partial charge in [0, 0.05) is 38.9 Å². The number of urea groups is 1. The monoisotopic (exact) mass is 345 g/mol. The van der Waals surface area contributed by atoms with Crippen LogP contribution in [0, 0.1) is 5.92 Å². The van der Waals surface area contributed by atoms with Gasteiger partial charge in [-0.3, -0.25) is 4.99 Å². The van der Waals surface area contributed by atoms with Crippen molar-refractivity contribution in [1.82, 2.24) is 15.5 Å². The molecule has 2 rings (SSSR count). The quantitative estimate of drug-likeness (QED) is 0.548. The lowest BCUT2D eigenvalue weighted by molar-refractivity contribution is 0.222. The van der Waals surface area contributed by atoms with Crippen molar-refractivity contribution < 1.29 is 4.79 Å². The molecule has 0 saturated carbocycles. The lowest BCUT2D eigenvalue weighted by atomic mass is 10.1. The van der Waals surface area contributed by atoms with Crippen LogP contribution in [0.25, 0.3) is 0 Å². The van der Waals surface area contributed by atoms with Crippen molar-refractivity contribution >= 4 is 17.7 Å². The van der Waals surface area contributed by atoms with Crippen LogP contribution in [0.3, 0.4) is 0 Å². The normalized spacial score (nSPS) is 14.7. The minimum atomic E-state index is -0.00577. The number of hydrogen-bond donors (Lipinski definition) is 3. The Hall–Kier alpha value is -2.24. The van der Waals surface area contributed by atoms with Gasteiger partial charge in [-0.25, -0.2) is 4.79 Å². The van der Waals surface area contributed by atoms with Gasteiger partial charge in [-0.05, 0) is 42.9 Å². The van der Waals surface area contributed by atoms with Crippen molar-refractivity contribution in [2.24, 2.45) is 10.9 Å². The number of benzene rings is 1. The largest absolute Gasteiger partial charge is 0.356 e. The zero-order valence-electron chi connectivity index (χ0n) is 15.6. The predicted octanol–water partition coefficient (Wildman–Crippen LogP) is 3.03. The topological polar surface area (TPSA) is 68.8 Å². The summed E-state index contributed by atoms with van der Waals surface area (Å²) in [6.07, 6.45) is 3.30. The van der Waals surface area contributed by atoms with Crippen LogP contribution < -0.4 is 16.0 Å². The summed E-state index contributed by atoms with van der Waals surface area (Å²) < 4.78 is 0. The SMILES string of the molecule is CN=C(NCCC(C)C)NCc1cccc(NC(=O)N2CCCC2)c1. The highest BCUT2D eigenvalue weighted by molar-refractivity contribution is 5.89. The van der Waals surface area contributed by atoms with Gasteiger partial charge in [-0.1, -0.05) is 26.0 Å². The first-order chi connectivity index (χ1) is 12.1. The maximum absolute atomic E-state index is 12.2. The lowest BCUT2D eigenvalue weighted by Crippen LogP contribution is -2.37. The summed E-state index contributed by atoms with van der Waals surface area (Å²) in [6, 6.07) is 7.93. The van der Waals surface area contributed by atoms with Gasteiger partial charge >= 0.3 is 6.03 Å². The van der Waals surface area contributed by atoms with Crippen LogP contribution in [-0.2, 0) is 6.54 Å². The average Bonchev–Trinajstić information content (AvgIpc) is 3.12. The molecule has 0 atom stereocenters. The second-order valence-electron chi connectivity index (χ2n) is 6.86. The van der Waals surface area contributed by atoms with E-state index in [2.05, 4.69) is 34.8 Å². The molecule has 1 aliphatic heterocycles. The number of guanidine groups is 1. The molecule has 25 heavy (non-hydrogen) atoms. The number of carbonyl (C=O) groups excluding carboxylic acids is 1. The number of carbonyl (C=O) groups is 1. The van der Waals surface area contributed by atoms with Gasteiger partial charge < -0.3 is 20.9 Å². The van der Waals surface area contributed by atoms with E-state index < -0.39 is 0 Å². The summed E-state index contributed by atoms with van der Waals surface area (Å²) >= 11 is 0. The molecule has 138 valence electrons. The van der Waals surface area contributed by atoms with Crippen LogP contribution >= 0.6 is 0 Å². The molecule has 1 aliphatic rings. The summed E-state index contributed by atoms with van der Waals surface area (Å²) in [5, 5.41) is 9.61. The van der Waals surface area contributed by atoms with E-state index in [1.54, 1.807) is 7.05 Å². The van der Waals surface area contributed by atoms with E-state index >= 15 is 0 Å². The van der Waals surface area contributed by atoms with Gasteiger partial charge in [-0.15, -0.1) is 0 Å². The Labute approximate surface area is 151 Å². The number of anilines is 1. The maximum Gasteiger partial charge on any atom is 0.321 e. The summed E-state index contributed by atoms with van der Waals surface area (Å²) in [5.74, 6) is 1.47. The molecule has 6 heteroatoms. The molecule has 0 bridgehead atoms. The van der Waals surface area contributed by atoms with E-state index in [1.807, 2.05) is 29.2 Å². The highest BCUT2D eigenvalue weighted by Crippen LogP contribution is 2.14. The van der Waals surface area contributed by atoms with Crippen molar-refractivity contribution in [2.45, 2.75) is 39.7 Å². The fraction of sp³-hybridized carbons (Fsp3) is 0.579. The molecular formula is C19H31N5O. The third kappa shape index (κ3) is 6.64. The smallest absolute Gasteiger partial charge is 0.321 e. The van der Waals surface area contributed by atoms with Gasteiger partial charge in [-0.2, -0.15) is 0 Å². The Kier molecular flexibility index (Phi) is 7.57. The molecule has 0 spiro atoms. The standard InChI is InChI=1S/C19H31N5O/c1-15(2)9-10-21-18(20-3)22-14-16-7-6-8-17(13-16)23-19(25)24-11-4-5-12-24/h6-8,13,15H,4-5,9-12,14H2,1-3H3,(H,23,25)(H2,20,21,22). The first-order valence-corrected chi connectivity index (χ1v) is 9.18. The molecule has 2 amide bonds. The number of nitrogens with zero attached hydrogens (tertiary/aromatic N) is 2. The molecule has 0 aliphatic carbocycles. The zero-order valence-corrected chi connectivity index (χ0v) is 15.6. The fourth-order valence-corrected chi connectivity index (χ4v) is 2.77. The van der Waals surface area contributed by atoms with E-state index in [0.29, 0.717) is 12.5 Å². The molecule has 1 heterocycles. The Morgan fingerprint density at radius 2 is 2.00 bits per heavy atom. The predicted molar refractivity (Wildman–Crippen MR) is 104 cm³/mol. The van der Waals surface area contributed by atoms with E-state index in [0.717, 1.165) is 56.1 Å². The Balaban J connectivity index is 1.82. The minimum Gasteiger partial charge on any atom is -0.356 e. The summed E-state index contributed by atoms with van der Waals surface area (Å²) in [4.78, 5) is 18.3. The van der Waals surface area contributed by atoms with Gasteiger partial charge in [0.05, 0.1) is 0 Å². The molecule has 1 aromatic rings. The third-order valence-corrected chi connectivity index (χ3v) is 4.27. The van der Waals surface area contributed by atoms with Crippen molar-refractivity contribution in [3.05, 3.63) is 29.8 Å². The molecule has 1 aromatic carbocycles. The first kappa shape index (κ1) is 19.1. The molecule has 0 aromatic heterocycles. The van der Waals surface area contributed by atoms with Crippen LogP contribution in [0.4, 0.5) is 10.5 Å². The van der Waals surface area contributed by atoms with Crippen molar-refractivity contribution in [1.29, 1.82) is 0 Å². The molecule has 1 saturated heterocycles. The van der Waals surface area contributed by atoms with Gasteiger partial charge in [0.25, 0.3) is 0 Å². The number of hydrogen-bond acceptors (Lipinski definition) is 2. The number of aliphatic imine (C=N–C) groups is 1. The molecular weight excluding hydrogens is 314 g/mol. The second kappa shape index (κ2) is 9.91. The molecule has 0 unspecified atom stereocenters. The Morgan fingerprint density at radius 3 is 2.68 bits per heavy atom. The summed E-state index contributed by atoms with van der Waals surface area (Å²) in [7, 11) is 1.78. The van der Waals surface area contributed by atoms with Crippen LogP contribution in [0.2, 0.25) is 0 Å². The lowest BCUT2D eigenvalue weighted by Gasteiger charge is -2.17. The van der Waals surface area contributed by atoms with Crippen LogP contribution in [0.1, 0.15) is 38.7 Å². The Bertz CT molecular complexity index is 579. The van der Waals surface area contributed by atoms with Crippen molar-refractivity contribution in [2.75, 3.05) is 32.0 Å². The Morgan fingerprint density at radius 1 is 1.24 bits per heavy atom.